The minimum atomic E-state index is -0.507. The number of rotatable bonds is 4. The molecule has 0 bridgehead atoms. The van der Waals surface area contributed by atoms with Crippen LogP contribution in [0.2, 0.25) is 0 Å². The van der Waals surface area contributed by atoms with Crippen LogP contribution in [0.1, 0.15) is 17.4 Å². The summed E-state index contributed by atoms with van der Waals surface area (Å²) in [4.78, 5) is 11.6. The van der Waals surface area contributed by atoms with Gasteiger partial charge in [-0.05, 0) is 17.9 Å². The summed E-state index contributed by atoms with van der Waals surface area (Å²) >= 11 is 1.50. The van der Waals surface area contributed by atoms with Crippen LogP contribution in [0.5, 0.6) is 0 Å². The highest BCUT2D eigenvalue weighted by Gasteiger charge is 2.08. The largest absolute Gasteiger partial charge is 0.453 e. The van der Waals surface area contributed by atoms with Crippen molar-refractivity contribution < 1.29 is 14.6 Å². The van der Waals surface area contributed by atoms with Crippen molar-refractivity contribution in [1.29, 1.82) is 0 Å². The van der Waals surface area contributed by atoms with Gasteiger partial charge in [0.05, 0.1) is 13.2 Å². The number of carbonyl (C=O) groups excluding carboxylic acids is 1. The molecule has 14 heavy (non-hydrogen) atoms. The minimum Gasteiger partial charge on any atom is -0.453 e. The van der Waals surface area contributed by atoms with Crippen LogP contribution in [-0.4, -0.2) is 24.9 Å². The Labute approximate surface area is 86.5 Å². The number of hydrogen-bond donors (Lipinski definition) is 2. The molecule has 1 aromatic rings. The number of hydrogen-bond acceptors (Lipinski definition) is 4. The molecule has 1 heterocycles. The maximum absolute atomic E-state index is 10.7. The molecule has 0 saturated carbocycles. The molecular weight excluding hydrogens is 202 g/mol. The second kappa shape index (κ2) is 5.62. The van der Waals surface area contributed by atoms with Gasteiger partial charge in [0.1, 0.15) is 0 Å². The zero-order chi connectivity index (χ0) is 10.4. The lowest BCUT2D eigenvalue weighted by molar-refractivity contribution is 0.157. The Balaban J connectivity index is 2.22. The molecule has 0 spiro atoms. The van der Waals surface area contributed by atoms with Crippen LogP contribution >= 0.6 is 11.3 Å². The number of aliphatic hydroxyl groups is 1. The lowest BCUT2D eigenvalue weighted by Gasteiger charge is -2.08. The first kappa shape index (κ1) is 11.0. The fourth-order valence-electron chi connectivity index (χ4n) is 1.01. The van der Waals surface area contributed by atoms with Gasteiger partial charge in [-0.15, -0.1) is 11.3 Å². The van der Waals surface area contributed by atoms with E-state index in [0.29, 0.717) is 13.0 Å². The summed E-state index contributed by atoms with van der Waals surface area (Å²) in [5.41, 5.74) is 0. The van der Waals surface area contributed by atoms with Gasteiger partial charge in [0.15, 0.2) is 0 Å². The molecule has 0 saturated heterocycles. The van der Waals surface area contributed by atoms with E-state index in [0.717, 1.165) is 4.88 Å². The smallest absolute Gasteiger partial charge is 0.406 e. The third-order valence-electron chi connectivity index (χ3n) is 1.74. The van der Waals surface area contributed by atoms with Gasteiger partial charge in [-0.3, -0.25) is 0 Å². The Bertz CT molecular complexity index is 274. The summed E-state index contributed by atoms with van der Waals surface area (Å²) in [5, 5.41) is 14.0. The zero-order valence-electron chi connectivity index (χ0n) is 7.90. The topological polar surface area (TPSA) is 58.6 Å². The van der Waals surface area contributed by atoms with Crippen molar-refractivity contribution in [2.75, 3.05) is 13.7 Å². The standard InChI is InChI=1S/C9H13NO3S/c1-13-9(12)10-5-4-7(11)8-3-2-6-14-8/h2-3,6-7,11H,4-5H2,1H3,(H,10,12). The number of ether oxygens (including phenoxy) is 1. The molecule has 0 aromatic carbocycles. The van der Waals surface area contributed by atoms with Gasteiger partial charge in [0, 0.05) is 11.4 Å². The predicted molar refractivity (Wildman–Crippen MR) is 54.3 cm³/mol. The van der Waals surface area contributed by atoms with E-state index in [4.69, 9.17) is 0 Å². The molecular formula is C9H13NO3S. The maximum atomic E-state index is 10.7. The Kier molecular flexibility index (Phi) is 4.42. The molecule has 0 aliphatic heterocycles. The molecule has 1 atom stereocenters. The normalized spacial score (nSPS) is 12.1. The van der Waals surface area contributed by atoms with E-state index in [1.54, 1.807) is 0 Å². The van der Waals surface area contributed by atoms with Crippen LogP contribution in [0.4, 0.5) is 4.79 Å². The van der Waals surface area contributed by atoms with Crippen LogP contribution < -0.4 is 5.32 Å². The Morgan fingerprint density at radius 2 is 2.57 bits per heavy atom. The SMILES string of the molecule is COC(=O)NCCC(O)c1cccs1. The Morgan fingerprint density at radius 3 is 3.14 bits per heavy atom. The fraction of sp³-hybridized carbons (Fsp3) is 0.444. The van der Waals surface area contributed by atoms with Crippen molar-refractivity contribution in [2.24, 2.45) is 0 Å². The van der Waals surface area contributed by atoms with Gasteiger partial charge in [-0.25, -0.2) is 4.79 Å². The van der Waals surface area contributed by atoms with Crippen molar-refractivity contribution in [2.45, 2.75) is 12.5 Å². The number of carbonyl (C=O) groups is 1. The van der Waals surface area contributed by atoms with Crippen LogP contribution in [0.25, 0.3) is 0 Å². The van der Waals surface area contributed by atoms with E-state index in [2.05, 4.69) is 10.1 Å². The quantitative estimate of drug-likeness (QED) is 0.800. The summed E-state index contributed by atoms with van der Waals surface area (Å²) in [5.74, 6) is 0. The van der Waals surface area contributed by atoms with Crippen molar-refractivity contribution >= 4 is 17.4 Å². The van der Waals surface area contributed by atoms with Crippen molar-refractivity contribution in [3.63, 3.8) is 0 Å². The summed E-state index contributed by atoms with van der Waals surface area (Å²) in [6.07, 6.45) is -0.481. The van der Waals surface area contributed by atoms with Gasteiger partial charge >= 0.3 is 6.09 Å². The summed E-state index contributed by atoms with van der Waals surface area (Å²) < 4.78 is 4.39. The lowest BCUT2D eigenvalue weighted by Crippen LogP contribution is -2.25. The van der Waals surface area contributed by atoms with E-state index in [-0.39, 0.29) is 0 Å². The van der Waals surface area contributed by atoms with Crippen molar-refractivity contribution in [3.8, 4) is 0 Å². The molecule has 0 radical (unpaired) electrons. The van der Waals surface area contributed by atoms with Gasteiger partial charge in [0.25, 0.3) is 0 Å². The van der Waals surface area contributed by atoms with Crippen LogP contribution in [0, 0.1) is 0 Å². The van der Waals surface area contributed by atoms with E-state index in [9.17, 15) is 9.90 Å². The first-order valence-corrected chi connectivity index (χ1v) is 5.15. The number of thiophene rings is 1. The summed E-state index contributed by atoms with van der Waals surface area (Å²) in [6.45, 7) is 0.408. The van der Waals surface area contributed by atoms with Gasteiger partial charge < -0.3 is 15.2 Å². The first-order chi connectivity index (χ1) is 6.74. The molecule has 78 valence electrons. The highest BCUT2D eigenvalue weighted by atomic mass is 32.1. The summed E-state index contributed by atoms with van der Waals surface area (Å²) in [6, 6.07) is 3.75. The van der Waals surface area contributed by atoms with Crippen LogP contribution in [-0.2, 0) is 4.74 Å². The highest BCUT2D eigenvalue weighted by Crippen LogP contribution is 2.20. The van der Waals surface area contributed by atoms with Crippen LogP contribution in [0.15, 0.2) is 17.5 Å². The molecule has 1 aromatic heterocycles. The molecule has 1 amide bonds. The van der Waals surface area contributed by atoms with Gasteiger partial charge in [-0.2, -0.15) is 0 Å². The molecule has 0 fully saturated rings. The molecule has 1 unspecified atom stereocenters. The zero-order valence-corrected chi connectivity index (χ0v) is 8.71. The van der Waals surface area contributed by atoms with E-state index < -0.39 is 12.2 Å². The van der Waals surface area contributed by atoms with Gasteiger partial charge in [0.2, 0.25) is 0 Å². The minimum absolute atomic E-state index is 0.408. The predicted octanol–water partition coefficient (Wildman–Crippen LogP) is 1.53. The molecule has 1 rings (SSSR count). The fourth-order valence-corrected chi connectivity index (χ4v) is 1.75. The third-order valence-corrected chi connectivity index (χ3v) is 2.72. The highest BCUT2D eigenvalue weighted by molar-refractivity contribution is 7.10. The monoisotopic (exact) mass is 215 g/mol. The number of aliphatic hydroxyl groups excluding tert-OH is 1. The molecule has 2 N–H and O–H groups in total. The molecule has 5 heteroatoms. The average Bonchev–Trinajstić information content (AvgIpc) is 2.70. The van der Waals surface area contributed by atoms with E-state index in [1.807, 2.05) is 17.5 Å². The van der Waals surface area contributed by atoms with Crippen molar-refractivity contribution in [1.82, 2.24) is 5.32 Å². The number of methoxy groups -OCH3 is 1. The Hall–Kier alpha value is -1.07. The Morgan fingerprint density at radius 1 is 1.79 bits per heavy atom. The lowest BCUT2D eigenvalue weighted by atomic mass is 10.2. The maximum Gasteiger partial charge on any atom is 0.406 e. The van der Waals surface area contributed by atoms with Crippen molar-refractivity contribution in [3.05, 3.63) is 22.4 Å². The molecule has 4 nitrogen and oxygen atoms in total. The van der Waals surface area contributed by atoms with Gasteiger partial charge in [-0.1, -0.05) is 6.07 Å². The van der Waals surface area contributed by atoms with E-state index >= 15 is 0 Å². The van der Waals surface area contributed by atoms with E-state index in [1.165, 1.54) is 18.4 Å². The number of amides is 1. The second-order valence-electron chi connectivity index (χ2n) is 2.74. The molecule has 0 aliphatic carbocycles. The number of alkyl carbamates (subject to hydrolysis) is 1. The van der Waals surface area contributed by atoms with Crippen LogP contribution in [0.3, 0.4) is 0 Å². The third kappa shape index (κ3) is 3.35. The summed E-state index contributed by atoms with van der Waals surface area (Å²) in [7, 11) is 1.31. The second-order valence-corrected chi connectivity index (χ2v) is 3.72. The number of nitrogens with one attached hydrogen (secondary N) is 1. The molecule has 0 aliphatic rings. The first-order valence-electron chi connectivity index (χ1n) is 4.27. The average molecular weight is 215 g/mol.